The lowest BCUT2D eigenvalue weighted by Gasteiger charge is -2.24. The molecule has 0 aliphatic rings. The summed E-state index contributed by atoms with van der Waals surface area (Å²) in [6.07, 6.45) is -2.80. The molecule has 45 heavy (non-hydrogen) atoms. The molecule has 236 valence electrons. The highest BCUT2D eigenvalue weighted by Crippen LogP contribution is 2.41. The average Bonchev–Trinajstić information content (AvgIpc) is 3.62. The summed E-state index contributed by atoms with van der Waals surface area (Å²) in [5, 5.41) is 11.5. The number of hydrogen-bond acceptors (Lipinski definition) is 8. The topological polar surface area (TPSA) is 114 Å². The molecule has 0 aliphatic carbocycles. The molecule has 0 saturated carbocycles. The van der Waals surface area contributed by atoms with Crippen LogP contribution in [0, 0.1) is 0 Å². The second-order valence-electron chi connectivity index (χ2n) is 10.9. The van der Waals surface area contributed by atoms with Crippen LogP contribution in [0.25, 0.3) is 22.2 Å². The van der Waals surface area contributed by atoms with Gasteiger partial charge < -0.3 is 24.1 Å². The van der Waals surface area contributed by atoms with Gasteiger partial charge in [-0.15, -0.1) is 5.10 Å². The number of fused-ring (bicyclic) bond motifs is 1. The summed E-state index contributed by atoms with van der Waals surface area (Å²) in [5.74, 6) is 0.281. The molecule has 5 aromatic rings. The van der Waals surface area contributed by atoms with Crippen LogP contribution >= 0.6 is 0 Å². The quantitative estimate of drug-likeness (QED) is 0.164. The zero-order valence-electron chi connectivity index (χ0n) is 25.1. The van der Waals surface area contributed by atoms with E-state index in [1.54, 1.807) is 37.2 Å². The van der Waals surface area contributed by atoms with Crippen molar-refractivity contribution in [3.8, 4) is 22.8 Å². The second kappa shape index (κ2) is 13.0. The van der Waals surface area contributed by atoms with Crippen molar-refractivity contribution in [2.75, 3.05) is 32.8 Å². The van der Waals surface area contributed by atoms with Crippen molar-refractivity contribution in [3.63, 3.8) is 0 Å². The predicted octanol–water partition coefficient (Wildman–Crippen LogP) is 6.19. The number of ether oxygens (including phenoxy) is 3. The van der Waals surface area contributed by atoms with Gasteiger partial charge in [-0.3, -0.25) is 4.79 Å². The molecular weight excluding hydrogens is 591 g/mol. The van der Waals surface area contributed by atoms with Crippen molar-refractivity contribution >= 4 is 22.8 Å². The molecule has 0 aliphatic heterocycles. The first-order valence-electron chi connectivity index (χ1n) is 14.0. The molecule has 3 heterocycles. The van der Waals surface area contributed by atoms with Crippen molar-refractivity contribution in [1.82, 2.24) is 19.9 Å². The third kappa shape index (κ3) is 7.09. The van der Waals surface area contributed by atoms with Crippen LogP contribution in [-0.2, 0) is 27.9 Å². The maximum Gasteiger partial charge on any atom is 0.401 e. The third-order valence-electron chi connectivity index (χ3n) is 7.33. The Morgan fingerprint density at radius 2 is 1.67 bits per heavy atom. The number of rotatable bonds is 12. The van der Waals surface area contributed by atoms with Crippen LogP contribution in [0.2, 0.25) is 0 Å². The first kappa shape index (κ1) is 31.5. The number of carbonyl (C=O) groups excluding carboxylic acids is 1. The number of carbonyl (C=O) groups is 1. The van der Waals surface area contributed by atoms with Gasteiger partial charge in [-0.2, -0.15) is 13.2 Å². The molecule has 3 aromatic heterocycles. The fourth-order valence-corrected chi connectivity index (χ4v) is 4.49. The number of benzene rings is 2. The number of nitrogens with one attached hydrogen (secondary N) is 1. The SMILES string of the molecule is COCCOc1nn(Cc2ccc(OC)cc2)c2ncc(-c3ccc(CC(=O)Nc4cc(C(C)(C)C(F)(F)F)on4)cc3)cc12. The van der Waals surface area contributed by atoms with Gasteiger partial charge in [0, 0.05) is 24.9 Å². The van der Waals surface area contributed by atoms with Gasteiger partial charge in [0.2, 0.25) is 11.8 Å². The van der Waals surface area contributed by atoms with Crippen molar-refractivity contribution in [3.05, 3.63) is 83.7 Å². The Hall–Kier alpha value is -4.91. The molecule has 0 unspecified atom stereocenters. The van der Waals surface area contributed by atoms with Crippen molar-refractivity contribution in [1.29, 1.82) is 0 Å². The maximum absolute atomic E-state index is 13.3. The Labute approximate surface area is 257 Å². The van der Waals surface area contributed by atoms with E-state index >= 15 is 0 Å². The molecule has 10 nitrogen and oxygen atoms in total. The Morgan fingerprint density at radius 3 is 2.33 bits per heavy atom. The number of nitrogens with zero attached hydrogens (tertiary/aromatic N) is 4. The van der Waals surface area contributed by atoms with Gasteiger partial charge in [-0.25, -0.2) is 9.67 Å². The summed E-state index contributed by atoms with van der Waals surface area (Å²) in [4.78, 5) is 17.3. The number of amides is 1. The van der Waals surface area contributed by atoms with E-state index in [0.29, 0.717) is 36.8 Å². The zero-order chi connectivity index (χ0) is 32.2. The molecular formula is C32H32F3N5O5. The van der Waals surface area contributed by atoms with Crippen molar-refractivity contribution in [2.45, 2.75) is 38.4 Å². The number of aromatic nitrogens is 4. The Balaban J connectivity index is 1.30. The average molecular weight is 624 g/mol. The van der Waals surface area contributed by atoms with E-state index in [4.69, 9.17) is 23.7 Å². The first-order chi connectivity index (χ1) is 21.5. The summed E-state index contributed by atoms with van der Waals surface area (Å²) in [6.45, 7) is 3.17. The lowest BCUT2D eigenvalue weighted by molar-refractivity contribution is -0.185. The van der Waals surface area contributed by atoms with E-state index in [-0.39, 0.29) is 12.2 Å². The summed E-state index contributed by atoms with van der Waals surface area (Å²) in [6, 6.07) is 18.1. The summed E-state index contributed by atoms with van der Waals surface area (Å²) in [5.41, 5.74) is 1.80. The summed E-state index contributed by atoms with van der Waals surface area (Å²) < 4.78 is 62.8. The zero-order valence-corrected chi connectivity index (χ0v) is 25.1. The van der Waals surface area contributed by atoms with Crippen LogP contribution in [0.3, 0.4) is 0 Å². The molecule has 0 spiro atoms. The molecule has 0 radical (unpaired) electrons. The number of pyridine rings is 1. The Kier molecular flexibility index (Phi) is 9.09. The highest BCUT2D eigenvalue weighted by molar-refractivity contribution is 5.91. The van der Waals surface area contributed by atoms with Gasteiger partial charge in [-0.05, 0) is 48.7 Å². The number of halogens is 3. The van der Waals surface area contributed by atoms with E-state index in [1.165, 1.54) is 0 Å². The number of anilines is 1. The number of hydrogen-bond donors (Lipinski definition) is 1. The lowest BCUT2D eigenvalue weighted by atomic mass is 9.89. The molecule has 1 N–H and O–H groups in total. The molecule has 5 rings (SSSR count). The summed E-state index contributed by atoms with van der Waals surface area (Å²) in [7, 11) is 3.22. The fraction of sp³-hybridized carbons (Fsp3) is 0.312. The van der Waals surface area contributed by atoms with Gasteiger partial charge >= 0.3 is 6.18 Å². The fourth-order valence-electron chi connectivity index (χ4n) is 4.49. The highest BCUT2D eigenvalue weighted by Gasteiger charge is 2.51. The minimum atomic E-state index is -4.54. The minimum Gasteiger partial charge on any atom is -0.497 e. The van der Waals surface area contributed by atoms with Crippen LogP contribution in [0.1, 0.15) is 30.7 Å². The van der Waals surface area contributed by atoms with E-state index < -0.39 is 23.3 Å². The first-order valence-corrected chi connectivity index (χ1v) is 14.0. The smallest absolute Gasteiger partial charge is 0.401 e. The molecule has 0 fully saturated rings. The molecule has 13 heteroatoms. The number of alkyl halides is 3. The van der Waals surface area contributed by atoms with E-state index in [2.05, 4.69) is 15.6 Å². The van der Waals surface area contributed by atoms with Gasteiger partial charge in [0.25, 0.3) is 0 Å². The summed E-state index contributed by atoms with van der Waals surface area (Å²) >= 11 is 0. The van der Waals surface area contributed by atoms with Crippen molar-refractivity contribution in [2.24, 2.45) is 0 Å². The van der Waals surface area contributed by atoms with Crippen LogP contribution < -0.4 is 14.8 Å². The van der Waals surface area contributed by atoms with Crippen LogP contribution in [0.4, 0.5) is 19.0 Å². The van der Waals surface area contributed by atoms with Gasteiger partial charge in [0.1, 0.15) is 17.8 Å². The van der Waals surface area contributed by atoms with E-state index in [9.17, 15) is 18.0 Å². The van der Waals surface area contributed by atoms with Crippen molar-refractivity contribution < 1.29 is 36.7 Å². The maximum atomic E-state index is 13.3. The van der Waals surface area contributed by atoms with Crippen LogP contribution in [0.5, 0.6) is 11.6 Å². The Bertz CT molecular complexity index is 1760. The van der Waals surface area contributed by atoms with E-state index in [0.717, 1.165) is 47.7 Å². The van der Waals surface area contributed by atoms with Gasteiger partial charge in [0.15, 0.2) is 17.2 Å². The normalized spacial score (nSPS) is 12.0. The predicted molar refractivity (Wildman–Crippen MR) is 160 cm³/mol. The molecule has 2 aromatic carbocycles. The second-order valence-corrected chi connectivity index (χ2v) is 10.9. The minimum absolute atomic E-state index is 0.0158. The van der Waals surface area contributed by atoms with Gasteiger partial charge in [-0.1, -0.05) is 41.6 Å². The molecule has 1 amide bonds. The largest absolute Gasteiger partial charge is 0.497 e. The monoisotopic (exact) mass is 623 g/mol. The number of methoxy groups -OCH3 is 2. The lowest BCUT2D eigenvalue weighted by Crippen LogP contribution is -2.35. The van der Waals surface area contributed by atoms with Gasteiger partial charge in [0.05, 0.1) is 32.1 Å². The Morgan fingerprint density at radius 1 is 0.956 bits per heavy atom. The molecule has 0 atom stereocenters. The molecule has 0 bridgehead atoms. The standard InChI is InChI=1S/C32H32F3N5O5/c1-31(2,32(33,34)35)26-17-27(39-45-26)37-28(41)15-20-5-9-22(10-6-20)23-16-25-29(36-18-23)40(38-30(25)44-14-13-42-3)19-21-7-11-24(43-4)12-8-21/h5-12,16-18H,13-15,19H2,1-4H3,(H,37,39,41). The molecule has 0 saturated heterocycles. The van der Waals surface area contributed by atoms with Crippen LogP contribution in [-0.4, -0.2) is 59.4 Å². The third-order valence-corrected chi connectivity index (χ3v) is 7.33. The highest BCUT2D eigenvalue weighted by atomic mass is 19.4. The van der Waals surface area contributed by atoms with Crippen LogP contribution in [0.15, 0.2) is 71.4 Å². The van der Waals surface area contributed by atoms with E-state index in [1.807, 2.05) is 42.5 Å².